The average molecular weight is 312 g/mol. The van der Waals surface area contributed by atoms with Gasteiger partial charge >= 0.3 is 0 Å². The van der Waals surface area contributed by atoms with E-state index in [-0.39, 0.29) is 5.60 Å². The molecule has 0 heterocycles. The molecule has 0 bridgehead atoms. The Hall–Kier alpha value is -0.950. The number of benzene rings is 1. The Bertz CT molecular complexity index is 545. The van der Waals surface area contributed by atoms with Crippen LogP contribution in [-0.4, -0.2) is 34.2 Å². The molecular weight excluding hydrogens is 288 g/mol. The van der Waals surface area contributed by atoms with E-state index in [0.717, 1.165) is 37.9 Å². The number of hydrogen-bond donors (Lipinski definition) is 2. The Balaban J connectivity index is 1.98. The van der Waals surface area contributed by atoms with Crippen molar-refractivity contribution in [2.45, 2.75) is 43.2 Å². The summed E-state index contributed by atoms with van der Waals surface area (Å²) in [6, 6.07) is 6.98. The van der Waals surface area contributed by atoms with Crippen molar-refractivity contribution in [3.8, 4) is 0 Å². The number of nitrogens with one attached hydrogen (secondary N) is 2. The van der Waals surface area contributed by atoms with Crippen LogP contribution in [0.4, 0.5) is 0 Å². The Morgan fingerprint density at radius 3 is 2.38 bits per heavy atom. The van der Waals surface area contributed by atoms with Gasteiger partial charge in [-0.3, -0.25) is 0 Å². The third-order valence-electron chi connectivity index (χ3n) is 4.09. The molecule has 1 aromatic rings. The molecule has 2 rings (SSSR count). The second-order valence-electron chi connectivity index (χ2n) is 5.49. The molecule has 6 heteroatoms. The second-order valence-corrected chi connectivity index (χ2v) is 7.26. The van der Waals surface area contributed by atoms with E-state index in [2.05, 4.69) is 10.0 Å². The molecule has 0 amide bonds. The summed E-state index contributed by atoms with van der Waals surface area (Å²) in [4.78, 5) is 0.299. The molecule has 1 aromatic carbocycles. The van der Waals surface area contributed by atoms with Crippen molar-refractivity contribution >= 4 is 10.0 Å². The minimum absolute atomic E-state index is 0.299. The lowest BCUT2D eigenvalue weighted by Gasteiger charge is -2.40. The third-order valence-corrected chi connectivity index (χ3v) is 5.51. The molecule has 1 saturated carbocycles. The summed E-state index contributed by atoms with van der Waals surface area (Å²) in [6.45, 7) is 4.01. The van der Waals surface area contributed by atoms with E-state index in [9.17, 15) is 8.42 Å². The van der Waals surface area contributed by atoms with Crippen LogP contribution in [0.3, 0.4) is 0 Å². The maximum absolute atomic E-state index is 12.3. The third kappa shape index (κ3) is 4.03. The van der Waals surface area contributed by atoms with Crippen LogP contribution >= 0.6 is 0 Å². The number of rotatable bonds is 8. The van der Waals surface area contributed by atoms with Crippen LogP contribution in [0.15, 0.2) is 29.2 Å². The number of methoxy groups -OCH3 is 1. The van der Waals surface area contributed by atoms with E-state index in [0.29, 0.717) is 11.4 Å². The van der Waals surface area contributed by atoms with E-state index in [1.54, 1.807) is 19.2 Å². The van der Waals surface area contributed by atoms with Gasteiger partial charge in [-0.05, 0) is 43.5 Å². The molecule has 2 N–H and O–H groups in total. The molecule has 0 spiro atoms. The van der Waals surface area contributed by atoms with Crippen molar-refractivity contribution in [1.29, 1.82) is 0 Å². The quantitative estimate of drug-likeness (QED) is 0.766. The fourth-order valence-corrected chi connectivity index (χ4v) is 3.50. The second kappa shape index (κ2) is 6.87. The average Bonchev–Trinajstić information content (AvgIpc) is 2.45. The number of sulfonamides is 1. The normalized spacial score (nSPS) is 17.4. The summed E-state index contributed by atoms with van der Waals surface area (Å²) < 4.78 is 32.7. The molecule has 21 heavy (non-hydrogen) atoms. The molecule has 1 aliphatic rings. The summed E-state index contributed by atoms with van der Waals surface area (Å²) >= 11 is 0. The highest BCUT2D eigenvalue weighted by Crippen LogP contribution is 2.34. The summed E-state index contributed by atoms with van der Waals surface area (Å²) in [7, 11) is -1.83. The van der Waals surface area contributed by atoms with Crippen LogP contribution in [0.2, 0.25) is 0 Å². The van der Waals surface area contributed by atoms with Gasteiger partial charge in [-0.2, -0.15) is 0 Å². The van der Waals surface area contributed by atoms with Gasteiger partial charge in [0.25, 0.3) is 0 Å². The van der Waals surface area contributed by atoms with E-state index in [1.807, 2.05) is 19.1 Å². The monoisotopic (exact) mass is 312 g/mol. The Morgan fingerprint density at radius 2 is 1.90 bits per heavy atom. The van der Waals surface area contributed by atoms with Crippen molar-refractivity contribution in [2.24, 2.45) is 0 Å². The first-order chi connectivity index (χ1) is 10.0. The van der Waals surface area contributed by atoms with Crippen molar-refractivity contribution in [1.82, 2.24) is 10.0 Å². The van der Waals surface area contributed by atoms with Crippen molar-refractivity contribution in [2.75, 3.05) is 20.2 Å². The van der Waals surface area contributed by atoms with Crippen LogP contribution in [0, 0.1) is 0 Å². The van der Waals surface area contributed by atoms with Crippen molar-refractivity contribution < 1.29 is 13.2 Å². The first-order valence-electron chi connectivity index (χ1n) is 7.36. The lowest BCUT2D eigenvalue weighted by atomic mass is 9.80. The Kier molecular flexibility index (Phi) is 5.37. The maximum Gasteiger partial charge on any atom is 0.240 e. The summed E-state index contributed by atoms with van der Waals surface area (Å²) in [5.41, 5.74) is 0.765. The van der Waals surface area contributed by atoms with Crippen LogP contribution < -0.4 is 10.0 Å². The fraction of sp³-hybridized carbons (Fsp3) is 0.600. The molecule has 1 fully saturated rings. The predicted octanol–water partition coefficient (Wildman–Crippen LogP) is 1.64. The topological polar surface area (TPSA) is 67.4 Å². The highest BCUT2D eigenvalue weighted by molar-refractivity contribution is 7.89. The molecule has 118 valence electrons. The van der Waals surface area contributed by atoms with Gasteiger partial charge in [0, 0.05) is 20.2 Å². The first kappa shape index (κ1) is 16.4. The van der Waals surface area contributed by atoms with Crippen LogP contribution in [0.5, 0.6) is 0 Å². The molecule has 0 atom stereocenters. The molecule has 0 unspecified atom stereocenters. The Labute approximate surface area is 127 Å². The first-order valence-corrected chi connectivity index (χ1v) is 8.84. The SMILES string of the molecule is CCNCc1ccc(S(=O)(=O)NCC2(OC)CCC2)cc1. The lowest BCUT2D eigenvalue weighted by Crippen LogP contribution is -2.49. The van der Waals surface area contributed by atoms with Crippen LogP contribution in [0.1, 0.15) is 31.7 Å². The van der Waals surface area contributed by atoms with Gasteiger partial charge in [0.2, 0.25) is 10.0 Å². The standard InChI is InChI=1S/C15H24N2O3S/c1-3-16-11-13-5-7-14(8-6-13)21(18,19)17-12-15(20-2)9-4-10-15/h5-8,16-17H,3-4,9-12H2,1-2H3. The van der Waals surface area contributed by atoms with Gasteiger partial charge in [-0.1, -0.05) is 19.1 Å². The van der Waals surface area contributed by atoms with E-state index < -0.39 is 10.0 Å². The van der Waals surface area contributed by atoms with Gasteiger partial charge in [-0.25, -0.2) is 13.1 Å². The van der Waals surface area contributed by atoms with Crippen LogP contribution in [0.25, 0.3) is 0 Å². The minimum atomic E-state index is -3.47. The van der Waals surface area contributed by atoms with Crippen molar-refractivity contribution in [3.05, 3.63) is 29.8 Å². The molecule has 0 aliphatic heterocycles. The lowest BCUT2D eigenvalue weighted by molar-refractivity contribution is -0.0659. The zero-order valence-corrected chi connectivity index (χ0v) is 13.5. The van der Waals surface area contributed by atoms with E-state index in [1.165, 1.54) is 0 Å². The fourth-order valence-electron chi connectivity index (χ4n) is 2.39. The molecule has 5 nitrogen and oxygen atoms in total. The molecule has 0 aromatic heterocycles. The zero-order valence-electron chi connectivity index (χ0n) is 12.7. The maximum atomic E-state index is 12.3. The molecule has 0 saturated heterocycles. The summed E-state index contributed by atoms with van der Waals surface area (Å²) in [5, 5.41) is 3.21. The zero-order chi connectivity index (χ0) is 15.3. The van der Waals surface area contributed by atoms with Gasteiger partial charge in [0.15, 0.2) is 0 Å². The van der Waals surface area contributed by atoms with Gasteiger partial charge in [0.05, 0.1) is 10.5 Å². The predicted molar refractivity (Wildman–Crippen MR) is 82.6 cm³/mol. The summed E-state index contributed by atoms with van der Waals surface area (Å²) in [6.07, 6.45) is 2.91. The highest BCUT2D eigenvalue weighted by Gasteiger charge is 2.37. The van der Waals surface area contributed by atoms with Gasteiger partial charge in [0.1, 0.15) is 0 Å². The molecule has 0 radical (unpaired) electrons. The smallest absolute Gasteiger partial charge is 0.240 e. The van der Waals surface area contributed by atoms with E-state index in [4.69, 9.17) is 4.74 Å². The van der Waals surface area contributed by atoms with E-state index >= 15 is 0 Å². The van der Waals surface area contributed by atoms with Gasteiger partial charge in [-0.15, -0.1) is 0 Å². The molecular formula is C15H24N2O3S. The number of hydrogen-bond acceptors (Lipinski definition) is 4. The largest absolute Gasteiger partial charge is 0.377 e. The molecule has 1 aliphatic carbocycles. The summed E-state index contributed by atoms with van der Waals surface area (Å²) in [5.74, 6) is 0. The highest BCUT2D eigenvalue weighted by atomic mass is 32.2. The minimum Gasteiger partial charge on any atom is -0.377 e. The number of ether oxygens (including phenoxy) is 1. The van der Waals surface area contributed by atoms with Crippen molar-refractivity contribution in [3.63, 3.8) is 0 Å². The van der Waals surface area contributed by atoms with Crippen LogP contribution in [-0.2, 0) is 21.3 Å². The Morgan fingerprint density at radius 1 is 1.24 bits per heavy atom. The van der Waals surface area contributed by atoms with Gasteiger partial charge < -0.3 is 10.1 Å².